The van der Waals surface area contributed by atoms with E-state index < -0.39 is 0 Å². The molecule has 7 heteroatoms. The summed E-state index contributed by atoms with van der Waals surface area (Å²) < 4.78 is 1.90. The van der Waals surface area contributed by atoms with Crippen molar-refractivity contribution >= 4 is 29.4 Å². The van der Waals surface area contributed by atoms with Crippen molar-refractivity contribution in [1.82, 2.24) is 20.2 Å². The molecule has 0 saturated heterocycles. The molecule has 0 bridgehead atoms. The number of rotatable bonds is 8. The Morgan fingerprint density at radius 2 is 1.93 bits per heavy atom. The number of carbonyl (C=O) groups excluding carboxylic acids is 1. The van der Waals surface area contributed by atoms with Gasteiger partial charge in [0.2, 0.25) is 0 Å². The number of imidazole rings is 1. The van der Waals surface area contributed by atoms with E-state index in [0.29, 0.717) is 11.6 Å². The topological polar surface area (TPSA) is 59.0 Å². The molecule has 2 aromatic carbocycles. The van der Waals surface area contributed by atoms with Gasteiger partial charge in [0.15, 0.2) is 0 Å². The fraction of sp³-hybridized carbons (Fsp3) is 0.238. The van der Waals surface area contributed by atoms with Crippen molar-refractivity contribution in [3.63, 3.8) is 0 Å². The Bertz CT molecular complexity index is 883. The van der Waals surface area contributed by atoms with Gasteiger partial charge in [-0.05, 0) is 42.0 Å². The van der Waals surface area contributed by atoms with Crippen LogP contribution < -0.4 is 10.6 Å². The summed E-state index contributed by atoms with van der Waals surface area (Å²) in [5.74, 6) is 1.71. The van der Waals surface area contributed by atoms with E-state index in [1.54, 1.807) is 18.0 Å². The summed E-state index contributed by atoms with van der Waals surface area (Å²) >= 11 is 7.78. The molecule has 0 saturated carbocycles. The predicted molar refractivity (Wildman–Crippen MR) is 115 cm³/mol. The van der Waals surface area contributed by atoms with E-state index >= 15 is 0 Å². The summed E-state index contributed by atoms with van der Waals surface area (Å²) in [7, 11) is 1.91. The number of nitrogens with one attached hydrogen (secondary N) is 2. The quantitative estimate of drug-likeness (QED) is 0.417. The van der Waals surface area contributed by atoms with E-state index in [1.807, 2.05) is 60.3 Å². The van der Waals surface area contributed by atoms with Crippen LogP contribution in [0.5, 0.6) is 0 Å². The first kappa shape index (κ1) is 20.3. The number of carbonyl (C=O) groups is 1. The first-order valence-electron chi connectivity index (χ1n) is 9.08. The summed E-state index contributed by atoms with van der Waals surface area (Å²) in [6, 6.07) is 17.1. The zero-order chi connectivity index (χ0) is 19.8. The number of amides is 2. The zero-order valence-corrected chi connectivity index (χ0v) is 17.2. The molecule has 0 spiro atoms. The zero-order valence-electron chi connectivity index (χ0n) is 15.6. The molecule has 2 amide bonds. The van der Waals surface area contributed by atoms with Crippen molar-refractivity contribution in [1.29, 1.82) is 0 Å². The van der Waals surface area contributed by atoms with Crippen molar-refractivity contribution in [2.75, 3.05) is 12.3 Å². The molecule has 0 radical (unpaired) electrons. The highest BCUT2D eigenvalue weighted by Gasteiger charge is 2.20. The van der Waals surface area contributed by atoms with Gasteiger partial charge < -0.3 is 15.2 Å². The first-order chi connectivity index (χ1) is 13.6. The Kier molecular flexibility index (Phi) is 7.39. The van der Waals surface area contributed by atoms with Gasteiger partial charge in [0.1, 0.15) is 11.9 Å². The van der Waals surface area contributed by atoms with E-state index in [1.165, 1.54) is 4.90 Å². The van der Waals surface area contributed by atoms with Gasteiger partial charge in [0.25, 0.3) is 0 Å². The van der Waals surface area contributed by atoms with Crippen LogP contribution in [0.1, 0.15) is 23.9 Å². The number of thioether (sulfide) groups is 1. The lowest BCUT2D eigenvalue weighted by atomic mass is 10.1. The van der Waals surface area contributed by atoms with Gasteiger partial charge in [-0.2, -0.15) is 0 Å². The highest BCUT2D eigenvalue weighted by atomic mass is 35.5. The number of nitrogens with zero attached hydrogens (tertiary/aromatic N) is 2. The van der Waals surface area contributed by atoms with Crippen LogP contribution in [0.25, 0.3) is 0 Å². The van der Waals surface area contributed by atoms with Gasteiger partial charge in [0.05, 0.1) is 0 Å². The van der Waals surface area contributed by atoms with Crippen LogP contribution in [-0.2, 0) is 7.05 Å². The van der Waals surface area contributed by atoms with Gasteiger partial charge in [-0.25, -0.2) is 9.78 Å². The molecule has 1 heterocycles. The first-order valence-corrected chi connectivity index (χ1v) is 10.4. The fourth-order valence-electron chi connectivity index (χ4n) is 2.77. The SMILES string of the molecule is Cn1ccnc1C(NC(=O)NCCCSc1ccccc1)c1ccc(Cl)cc1. The Balaban J connectivity index is 1.53. The number of urea groups is 1. The summed E-state index contributed by atoms with van der Waals surface area (Å²) in [5, 5.41) is 6.61. The number of aromatic nitrogens is 2. The van der Waals surface area contributed by atoms with Gasteiger partial charge in [0, 0.05) is 35.9 Å². The Morgan fingerprint density at radius 1 is 1.18 bits per heavy atom. The van der Waals surface area contributed by atoms with Crippen molar-refractivity contribution in [3.05, 3.63) is 83.4 Å². The van der Waals surface area contributed by atoms with Crippen molar-refractivity contribution in [3.8, 4) is 0 Å². The largest absolute Gasteiger partial charge is 0.338 e. The summed E-state index contributed by atoms with van der Waals surface area (Å²) in [4.78, 5) is 18.1. The maximum Gasteiger partial charge on any atom is 0.315 e. The molecule has 1 unspecified atom stereocenters. The number of benzene rings is 2. The molecule has 0 aliphatic heterocycles. The minimum absolute atomic E-state index is 0.215. The molecule has 1 atom stereocenters. The van der Waals surface area contributed by atoms with E-state index in [0.717, 1.165) is 23.6 Å². The fourth-order valence-corrected chi connectivity index (χ4v) is 3.77. The van der Waals surface area contributed by atoms with Crippen LogP contribution in [0.2, 0.25) is 5.02 Å². The Hall–Kier alpha value is -2.44. The van der Waals surface area contributed by atoms with Crippen molar-refractivity contribution in [2.45, 2.75) is 17.4 Å². The third-order valence-electron chi connectivity index (χ3n) is 4.21. The van der Waals surface area contributed by atoms with Gasteiger partial charge in [-0.3, -0.25) is 0 Å². The number of halogens is 1. The molecular formula is C21H23ClN4OS. The lowest BCUT2D eigenvalue weighted by molar-refractivity contribution is 0.238. The molecule has 28 heavy (non-hydrogen) atoms. The molecule has 146 valence electrons. The van der Waals surface area contributed by atoms with Crippen LogP contribution in [0.3, 0.4) is 0 Å². The maximum absolute atomic E-state index is 12.4. The highest BCUT2D eigenvalue weighted by molar-refractivity contribution is 7.99. The van der Waals surface area contributed by atoms with Crippen LogP contribution in [0.4, 0.5) is 4.79 Å². The molecule has 0 aliphatic rings. The minimum Gasteiger partial charge on any atom is -0.338 e. The van der Waals surface area contributed by atoms with Crippen molar-refractivity contribution < 1.29 is 4.79 Å². The van der Waals surface area contributed by atoms with Crippen LogP contribution in [0.15, 0.2) is 71.9 Å². The molecule has 0 aliphatic carbocycles. The molecule has 1 aromatic heterocycles. The third kappa shape index (κ3) is 5.78. The molecule has 2 N–H and O–H groups in total. The maximum atomic E-state index is 12.4. The molecule has 3 aromatic rings. The smallest absolute Gasteiger partial charge is 0.315 e. The van der Waals surface area contributed by atoms with Crippen LogP contribution in [0, 0.1) is 0 Å². The monoisotopic (exact) mass is 414 g/mol. The predicted octanol–water partition coefficient (Wildman–Crippen LogP) is 4.64. The van der Waals surface area contributed by atoms with Gasteiger partial charge >= 0.3 is 6.03 Å². The number of hydrogen-bond donors (Lipinski definition) is 2. The van der Waals surface area contributed by atoms with Crippen LogP contribution in [-0.4, -0.2) is 27.9 Å². The average molecular weight is 415 g/mol. The van der Waals surface area contributed by atoms with Crippen molar-refractivity contribution in [2.24, 2.45) is 7.05 Å². The van der Waals surface area contributed by atoms with E-state index in [4.69, 9.17) is 11.6 Å². The number of aryl methyl sites for hydroxylation is 1. The third-order valence-corrected chi connectivity index (χ3v) is 5.56. The summed E-state index contributed by atoms with van der Waals surface area (Å²) in [6.45, 7) is 0.611. The second-order valence-corrected chi connectivity index (χ2v) is 7.90. The molecular weight excluding hydrogens is 392 g/mol. The summed E-state index contributed by atoms with van der Waals surface area (Å²) in [6.07, 6.45) is 4.47. The lowest BCUT2D eigenvalue weighted by Crippen LogP contribution is -2.39. The van der Waals surface area contributed by atoms with E-state index in [2.05, 4.69) is 27.8 Å². The van der Waals surface area contributed by atoms with Crippen LogP contribution >= 0.6 is 23.4 Å². The highest BCUT2D eigenvalue weighted by Crippen LogP contribution is 2.22. The normalized spacial score (nSPS) is 11.8. The summed E-state index contributed by atoms with van der Waals surface area (Å²) in [5.41, 5.74) is 0.925. The number of hydrogen-bond acceptors (Lipinski definition) is 3. The second-order valence-electron chi connectivity index (χ2n) is 6.30. The van der Waals surface area contributed by atoms with Gasteiger partial charge in [-0.1, -0.05) is 41.9 Å². The average Bonchev–Trinajstić information content (AvgIpc) is 3.13. The second kappa shape index (κ2) is 10.2. The Labute approximate surface area is 174 Å². The molecule has 3 rings (SSSR count). The lowest BCUT2D eigenvalue weighted by Gasteiger charge is -2.19. The molecule has 5 nitrogen and oxygen atoms in total. The minimum atomic E-state index is -0.351. The van der Waals surface area contributed by atoms with E-state index in [9.17, 15) is 4.79 Å². The molecule has 0 fully saturated rings. The Morgan fingerprint density at radius 3 is 2.61 bits per heavy atom. The van der Waals surface area contributed by atoms with Gasteiger partial charge in [-0.15, -0.1) is 11.8 Å². The van der Waals surface area contributed by atoms with E-state index in [-0.39, 0.29) is 12.1 Å². The standard InChI is InChI=1S/C21H23ClN4OS/c1-26-14-13-23-20(26)19(16-8-10-17(22)11-9-16)25-21(27)24-12-5-15-28-18-6-3-2-4-7-18/h2-4,6-11,13-14,19H,5,12,15H2,1H3,(H2,24,25,27).